The van der Waals surface area contributed by atoms with Gasteiger partial charge in [-0.25, -0.2) is 4.98 Å². The molecule has 2 heterocycles. The summed E-state index contributed by atoms with van der Waals surface area (Å²) in [5, 5.41) is 5.94. The highest BCUT2D eigenvalue weighted by molar-refractivity contribution is 6.08. The lowest BCUT2D eigenvalue weighted by molar-refractivity contribution is -0.137. The maximum absolute atomic E-state index is 13.3. The van der Waals surface area contributed by atoms with Crippen LogP contribution in [0, 0.1) is 0 Å². The number of hydrogen-bond donors (Lipinski definition) is 2. The molecular weight excluding hydrogens is 405 g/mol. The molecule has 0 spiro atoms. The number of carbonyl (C=O) groups excluding carboxylic acids is 1. The summed E-state index contributed by atoms with van der Waals surface area (Å²) in [6.45, 7) is 3.42. The molecule has 1 aromatic heterocycles. The van der Waals surface area contributed by atoms with E-state index in [1.807, 2.05) is 0 Å². The molecule has 2 N–H and O–H groups in total. The zero-order valence-corrected chi connectivity index (χ0v) is 16.6. The third kappa shape index (κ3) is 4.86. The van der Waals surface area contributed by atoms with E-state index in [1.54, 1.807) is 42.5 Å². The minimum absolute atomic E-state index is 0.0489. The summed E-state index contributed by atoms with van der Waals surface area (Å²) in [6, 6.07) is 15.6. The van der Waals surface area contributed by atoms with Gasteiger partial charge in [0.05, 0.1) is 17.4 Å². The van der Waals surface area contributed by atoms with Crippen molar-refractivity contribution in [2.45, 2.75) is 6.18 Å². The molecule has 1 aliphatic rings. The fourth-order valence-corrected chi connectivity index (χ4v) is 3.52. The molecule has 31 heavy (non-hydrogen) atoms. The first-order chi connectivity index (χ1) is 14.9. The van der Waals surface area contributed by atoms with Gasteiger partial charge in [0.15, 0.2) is 0 Å². The number of nitrogens with one attached hydrogen (secondary N) is 2. The summed E-state index contributed by atoms with van der Waals surface area (Å²) in [5.41, 5.74) is 0.585. The Balaban J connectivity index is 1.61. The Morgan fingerprint density at radius 3 is 2.39 bits per heavy atom. The smallest absolute Gasteiger partial charge is 0.354 e. The summed E-state index contributed by atoms with van der Waals surface area (Å²) >= 11 is 0. The van der Waals surface area contributed by atoms with Crippen LogP contribution < -0.4 is 15.5 Å². The van der Waals surface area contributed by atoms with E-state index >= 15 is 0 Å². The molecule has 3 aromatic rings. The van der Waals surface area contributed by atoms with Crippen molar-refractivity contribution >= 4 is 17.4 Å². The second-order valence-electron chi connectivity index (χ2n) is 7.22. The molecule has 0 aliphatic carbocycles. The number of anilines is 2. The van der Waals surface area contributed by atoms with Crippen molar-refractivity contribution in [3.05, 3.63) is 78.0 Å². The van der Waals surface area contributed by atoms with Crippen LogP contribution in [0.3, 0.4) is 0 Å². The summed E-state index contributed by atoms with van der Waals surface area (Å²) < 4.78 is 39.8. The van der Waals surface area contributed by atoms with Gasteiger partial charge in [-0.15, -0.1) is 0 Å². The van der Waals surface area contributed by atoms with Crippen LogP contribution in [-0.2, 0) is 6.18 Å². The number of hydrogen-bond acceptors (Lipinski definition) is 4. The van der Waals surface area contributed by atoms with E-state index in [-0.39, 0.29) is 5.56 Å². The van der Waals surface area contributed by atoms with Gasteiger partial charge in [0.1, 0.15) is 5.82 Å². The van der Waals surface area contributed by atoms with Crippen molar-refractivity contribution in [2.75, 3.05) is 36.4 Å². The van der Waals surface area contributed by atoms with Gasteiger partial charge in [-0.1, -0.05) is 36.4 Å². The number of carbonyl (C=O) groups is 1. The van der Waals surface area contributed by atoms with Crippen molar-refractivity contribution in [3.63, 3.8) is 0 Å². The number of alkyl halides is 3. The molecule has 1 aliphatic heterocycles. The van der Waals surface area contributed by atoms with Crippen LogP contribution in [0.25, 0.3) is 11.1 Å². The second kappa shape index (κ2) is 8.77. The highest BCUT2D eigenvalue weighted by Gasteiger charge is 2.32. The van der Waals surface area contributed by atoms with Crippen LogP contribution >= 0.6 is 0 Å². The SMILES string of the molecule is O=C(Nc1ccc(N2CCNCC2)nc1)c1cc(C(F)(F)F)ccc1-c1ccccc1. The van der Waals surface area contributed by atoms with Crippen LogP contribution in [-0.4, -0.2) is 37.1 Å². The van der Waals surface area contributed by atoms with Gasteiger partial charge in [-0.05, 0) is 35.4 Å². The molecule has 8 heteroatoms. The van der Waals surface area contributed by atoms with Crippen LogP contribution in [0.2, 0.25) is 0 Å². The molecule has 160 valence electrons. The molecular formula is C23H21F3N4O. The van der Waals surface area contributed by atoms with Crippen LogP contribution in [0.1, 0.15) is 15.9 Å². The predicted octanol–water partition coefficient (Wildman–Crippen LogP) is 4.43. The zero-order valence-electron chi connectivity index (χ0n) is 16.6. The molecule has 0 saturated carbocycles. The number of nitrogens with zero attached hydrogens (tertiary/aromatic N) is 2. The summed E-state index contributed by atoms with van der Waals surface area (Å²) in [6.07, 6.45) is -3.03. The standard InChI is InChI=1S/C23H21F3N4O/c24-23(25,26)17-6-8-19(16-4-2-1-3-5-16)20(14-17)22(31)29-18-7-9-21(28-15-18)30-12-10-27-11-13-30/h1-9,14-15,27H,10-13H2,(H,29,31). The monoisotopic (exact) mass is 426 g/mol. The highest BCUT2D eigenvalue weighted by atomic mass is 19.4. The molecule has 1 fully saturated rings. The molecule has 0 unspecified atom stereocenters. The Morgan fingerprint density at radius 2 is 1.74 bits per heavy atom. The first-order valence-electron chi connectivity index (χ1n) is 9.91. The first kappa shape index (κ1) is 20.9. The van der Waals surface area contributed by atoms with Gasteiger partial charge >= 0.3 is 6.18 Å². The Labute approximate surface area is 177 Å². The zero-order chi connectivity index (χ0) is 21.8. The van der Waals surface area contributed by atoms with Crippen molar-refractivity contribution in [1.82, 2.24) is 10.3 Å². The average molecular weight is 426 g/mol. The summed E-state index contributed by atoms with van der Waals surface area (Å²) in [5.74, 6) is 0.171. The number of pyridine rings is 1. The first-order valence-corrected chi connectivity index (χ1v) is 9.91. The number of halogens is 3. The van der Waals surface area contributed by atoms with E-state index in [2.05, 4.69) is 20.5 Å². The fourth-order valence-electron chi connectivity index (χ4n) is 3.52. The average Bonchev–Trinajstić information content (AvgIpc) is 2.80. The van der Waals surface area contributed by atoms with Crippen LogP contribution in [0.4, 0.5) is 24.7 Å². The van der Waals surface area contributed by atoms with Gasteiger partial charge < -0.3 is 15.5 Å². The van der Waals surface area contributed by atoms with Crippen molar-refractivity contribution in [2.24, 2.45) is 0 Å². The quantitative estimate of drug-likeness (QED) is 0.648. The molecule has 0 bridgehead atoms. The van der Waals surface area contributed by atoms with Gasteiger partial charge in [-0.3, -0.25) is 4.79 Å². The van der Waals surface area contributed by atoms with Crippen molar-refractivity contribution < 1.29 is 18.0 Å². The van der Waals surface area contributed by atoms with E-state index in [0.29, 0.717) is 16.8 Å². The van der Waals surface area contributed by atoms with Gasteiger partial charge in [0.2, 0.25) is 0 Å². The third-order valence-electron chi connectivity index (χ3n) is 5.12. The molecule has 0 radical (unpaired) electrons. The Morgan fingerprint density at radius 1 is 1.00 bits per heavy atom. The van der Waals surface area contributed by atoms with E-state index in [4.69, 9.17) is 0 Å². The second-order valence-corrected chi connectivity index (χ2v) is 7.22. The number of benzene rings is 2. The van der Waals surface area contributed by atoms with E-state index in [1.165, 1.54) is 12.3 Å². The lowest BCUT2D eigenvalue weighted by atomic mass is 9.96. The maximum Gasteiger partial charge on any atom is 0.416 e. The Hall–Kier alpha value is -3.39. The normalized spacial score (nSPS) is 14.4. The number of rotatable bonds is 4. The van der Waals surface area contributed by atoms with Gasteiger partial charge in [-0.2, -0.15) is 13.2 Å². The van der Waals surface area contributed by atoms with E-state index < -0.39 is 17.6 Å². The molecule has 1 amide bonds. The Bertz CT molecular complexity index is 1050. The number of piperazine rings is 1. The largest absolute Gasteiger partial charge is 0.416 e. The molecule has 0 atom stereocenters. The van der Waals surface area contributed by atoms with Crippen molar-refractivity contribution in [3.8, 4) is 11.1 Å². The summed E-state index contributed by atoms with van der Waals surface area (Å²) in [7, 11) is 0. The lowest BCUT2D eigenvalue weighted by Gasteiger charge is -2.28. The van der Waals surface area contributed by atoms with E-state index in [9.17, 15) is 18.0 Å². The van der Waals surface area contributed by atoms with E-state index in [0.717, 1.165) is 44.1 Å². The minimum atomic E-state index is -4.54. The van der Waals surface area contributed by atoms with Crippen LogP contribution in [0.15, 0.2) is 66.9 Å². The fraction of sp³-hybridized carbons (Fsp3) is 0.217. The Kier molecular flexibility index (Phi) is 5.90. The molecule has 5 nitrogen and oxygen atoms in total. The van der Waals surface area contributed by atoms with Gasteiger partial charge in [0, 0.05) is 31.7 Å². The molecule has 1 saturated heterocycles. The van der Waals surface area contributed by atoms with Crippen LogP contribution in [0.5, 0.6) is 0 Å². The third-order valence-corrected chi connectivity index (χ3v) is 5.12. The van der Waals surface area contributed by atoms with Gasteiger partial charge in [0.25, 0.3) is 5.91 Å². The molecule has 2 aromatic carbocycles. The molecule has 4 rings (SSSR count). The van der Waals surface area contributed by atoms with Crippen molar-refractivity contribution in [1.29, 1.82) is 0 Å². The number of aromatic nitrogens is 1. The number of amides is 1. The maximum atomic E-state index is 13.3. The minimum Gasteiger partial charge on any atom is -0.354 e. The topological polar surface area (TPSA) is 57.3 Å². The highest BCUT2D eigenvalue weighted by Crippen LogP contribution is 2.33. The predicted molar refractivity (Wildman–Crippen MR) is 114 cm³/mol. The lowest BCUT2D eigenvalue weighted by Crippen LogP contribution is -2.43. The summed E-state index contributed by atoms with van der Waals surface area (Å²) in [4.78, 5) is 19.5.